The van der Waals surface area contributed by atoms with Crippen molar-refractivity contribution in [3.8, 4) is 0 Å². The van der Waals surface area contributed by atoms with E-state index in [9.17, 15) is 0 Å². The van der Waals surface area contributed by atoms with Crippen molar-refractivity contribution in [2.45, 2.75) is 13.1 Å². The highest BCUT2D eigenvalue weighted by Crippen LogP contribution is 2.16. The van der Waals surface area contributed by atoms with Crippen LogP contribution in [0.3, 0.4) is 0 Å². The fraction of sp³-hybridized carbons (Fsp3) is 0.333. The summed E-state index contributed by atoms with van der Waals surface area (Å²) in [4.78, 5) is 2.26. The van der Waals surface area contributed by atoms with Crippen LogP contribution >= 0.6 is 0 Å². The molecule has 0 radical (unpaired) electrons. The summed E-state index contributed by atoms with van der Waals surface area (Å²) in [6.45, 7) is 3.43. The minimum atomic E-state index is 0.748. The zero-order valence-electron chi connectivity index (χ0n) is 12.9. The van der Waals surface area contributed by atoms with E-state index in [4.69, 9.17) is 4.74 Å². The second-order valence-corrected chi connectivity index (χ2v) is 5.18. The van der Waals surface area contributed by atoms with Crippen LogP contribution in [0.4, 0.5) is 5.69 Å². The minimum absolute atomic E-state index is 0.748. The highest BCUT2D eigenvalue weighted by Gasteiger charge is 2.02. The fourth-order valence-corrected chi connectivity index (χ4v) is 2.22. The normalized spacial score (nSPS) is 10.6. The molecule has 0 atom stereocenters. The van der Waals surface area contributed by atoms with Crippen LogP contribution in [-0.2, 0) is 17.8 Å². The van der Waals surface area contributed by atoms with E-state index in [-0.39, 0.29) is 0 Å². The van der Waals surface area contributed by atoms with Gasteiger partial charge in [-0.15, -0.1) is 0 Å². The number of hydrogen-bond acceptors (Lipinski definition) is 3. The average molecular weight is 284 g/mol. The van der Waals surface area contributed by atoms with E-state index >= 15 is 0 Å². The van der Waals surface area contributed by atoms with Crippen LogP contribution in [0, 0.1) is 0 Å². The Morgan fingerprint density at radius 1 is 0.952 bits per heavy atom. The van der Waals surface area contributed by atoms with Crippen molar-refractivity contribution in [1.82, 2.24) is 5.32 Å². The van der Waals surface area contributed by atoms with Gasteiger partial charge in [-0.05, 0) is 23.3 Å². The zero-order valence-corrected chi connectivity index (χ0v) is 12.9. The minimum Gasteiger partial charge on any atom is -0.383 e. The average Bonchev–Trinajstić information content (AvgIpc) is 2.53. The van der Waals surface area contributed by atoms with Gasteiger partial charge < -0.3 is 15.0 Å². The maximum absolute atomic E-state index is 5.02. The van der Waals surface area contributed by atoms with Gasteiger partial charge in [-0.3, -0.25) is 0 Å². The van der Waals surface area contributed by atoms with Crippen molar-refractivity contribution >= 4 is 5.69 Å². The molecule has 0 aromatic heterocycles. The van der Waals surface area contributed by atoms with Gasteiger partial charge in [0.15, 0.2) is 0 Å². The number of hydrogen-bond donors (Lipinski definition) is 1. The van der Waals surface area contributed by atoms with E-state index in [2.05, 4.69) is 71.9 Å². The van der Waals surface area contributed by atoms with E-state index in [0.717, 1.165) is 26.2 Å². The van der Waals surface area contributed by atoms with Crippen LogP contribution in [0.15, 0.2) is 54.6 Å². The van der Waals surface area contributed by atoms with Gasteiger partial charge in [-0.25, -0.2) is 0 Å². The molecule has 0 aliphatic heterocycles. The summed E-state index contributed by atoms with van der Waals surface area (Å²) < 4.78 is 5.02. The molecule has 0 aliphatic carbocycles. The molecule has 2 rings (SSSR count). The number of rotatable bonds is 8. The predicted molar refractivity (Wildman–Crippen MR) is 88.6 cm³/mol. The molecule has 0 aliphatic rings. The number of nitrogens with one attached hydrogen (secondary N) is 1. The van der Waals surface area contributed by atoms with E-state index in [0.29, 0.717) is 0 Å². The number of benzene rings is 2. The van der Waals surface area contributed by atoms with Gasteiger partial charge in [0, 0.05) is 39.5 Å². The zero-order chi connectivity index (χ0) is 14.9. The Morgan fingerprint density at radius 3 is 2.33 bits per heavy atom. The molecule has 3 nitrogen and oxygen atoms in total. The molecule has 0 fully saturated rings. The predicted octanol–water partition coefficient (Wildman–Crippen LogP) is 3.06. The monoisotopic (exact) mass is 284 g/mol. The highest BCUT2D eigenvalue weighted by molar-refractivity contribution is 5.47. The Balaban J connectivity index is 1.86. The second kappa shape index (κ2) is 8.45. The lowest BCUT2D eigenvalue weighted by Gasteiger charge is -2.19. The van der Waals surface area contributed by atoms with E-state index in [1.807, 2.05) is 0 Å². The molecule has 0 spiro atoms. The molecular formula is C18H24N2O. The molecule has 0 heterocycles. The third kappa shape index (κ3) is 5.21. The molecule has 0 amide bonds. The van der Waals surface area contributed by atoms with E-state index < -0.39 is 0 Å². The first-order chi connectivity index (χ1) is 10.3. The second-order valence-electron chi connectivity index (χ2n) is 5.18. The number of anilines is 1. The Kier molecular flexibility index (Phi) is 6.25. The molecule has 0 saturated carbocycles. The first-order valence-corrected chi connectivity index (χ1v) is 7.33. The smallest absolute Gasteiger partial charge is 0.0587 e. The van der Waals surface area contributed by atoms with Crippen LogP contribution in [0.2, 0.25) is 0 Å². The standard InChI is InChI=1S/C18H24N2O/c1-20(15-17-6-4-3-5-7-17)18-10-8-16(9-11-18)14-19-12-13-21-2/h3-11,19H,12-15H2,1-2H3. The van der Waals surface area contributed by atoms with Crippen LogP contribution in [0.1, 0.15) is 11.1 Å². The van der Waals surface area contributed by atoms with Gasteiger partial charge in [0.25, 0.3) is 0 Å². The van der Waals surface area contributed by atoms with Crippen LogP contribution < -0.4 is 10.2 Å². The largest absolute Gasteiger partial charge is 0.383 e. The number of ether oxygens (including phenoxy) is 1. The van der Waals surface area contributed by atoms with Gasteiger partial charge in [0.1, 0.15) is 0 Å². The molecule has 0 bridgehead atoms. The van der Waals surface area contributed by atoms with Gasteiger partial charge in [-0.2, -0.15) is 0 Å². The summed E-state index contributed by atoms with van der Waals surface area (Å²) in [7, 11) is 3.85. The number of methoxy groups -OCH3 is 1. The molecule has 112 valence electrons. The van der Waals surface area contributed by atoms with Crippen molar-refractivity contribution in [2.75, 3.05) is 32.2 Å². The van der Waals surface area contributed by atoms with Crippen molar-refractivity contribution in [2.24, 2.45) is 0 Å². The Bertz CT molecular complexity index is 511. The first kappa shape index (κ1) is 15.5. The summed E-state index contributed by atoms with van der Waals surface area (Å²) in [5.41, 5.74) is 3.85. The van der Waals surface area contributed by atoms with Gasteiger partial charge in [-0.1, -0.05) is 42.5 Å². The molecule has 1 N–H and O–H groups in total. The Labute approximate surface area is 127 Å². The van der Waals surface area contributed by atoms with Crippen LogP contribution in [0.25, 0.3) is 0 Å². The Morgan fingerprint density at radius 2 is 1.67 bits per heavy atom. The lowest BCUT2D eigenvalue weighted by atomic mass is 10.1. The lowest BCUT2D eigenvalue weighted by molar-refractivity contribution is 0.199. The van der Waals surface area contributed by atoms with Crippen LogP contribution in [0.5, 0.6) is 0 Å². The SMILES string of the molecule is COCCNCc1ccc(N(C)Cc2ccccc2)cc1. The molecule has 21 heavy (non-hydrogen) atoms. The maximum Gasteiger partial charge on any atom is 0.0587 e. The summed E-state index contributed by atoms with van der Waals surface area (Å²) in [6, 6.07) is 19.2. The summed E-state index contributed by atoms with van der Waals surface area (Å²) in [5, 5.41) is 3.35. The van der Waals surface area contributed by atoms with Crippen molar-refractivity contribution in [3.63, 3.8) is 0 Å². The topological polar surface area (TPSA) is 24.5 Å². The van der Waals surface area contributed by atoms with Crippen molar-refractivity contribution < 1.29 is 4.74 Å². The molecule has 2 aromatic rings. The highest BCUT2D eigenvalue weighted by atomic mass is 16.5. The van der Waals surface area contributed by atoms with Crippen molar-refractivity contribution in [1.29, 1.82) is 0 Å². The van der Waals surface area contributed by atoms with E-state index in [1.165, 1.54) is 16.8 Å². The summed E-state index contributed by atoms with van der Waals surface area (Å²) in [5.74, 6) is 0. The van der Waals surface area contributed by atoms with Crippen LogP contribution in [-0.4, -0.2) is 27.3 Å². The third-order valence-corrected chi connectivity index (χ3v) is 3.45. The molecular weight excluding hydrogens is 260 g/mol. The molecule has 0 saturated heterocycles. The third-order valence-electron chi connectivity index (χ3n) is 3.45. The Hall–Kier alpha value is -1.84. The van der Waals surface area contributed by atoms with Gasteiger partial charge >= 0.3 is 0 Å². The summed E-state index contributed by atoms with van der Waals surface area (Å²) in [6.07, 6.45) is 0. The molecule has 2 aromatic carbocycles. The summed E-state index contributed by atoms with van der Waals surface area (Å²) >= 11 is 0. The lowest BCUT2D eigenvalue weighted by Crippen LogP contribution is -2.19. The molecule has 3 heteroatoms. The quantitative estimate of drug-likeness (QED) is 0.754. The van der Waals surface area contributed by atoms with Gasteiger partial charge in [0.2, 0.25) is 0 Å². The fourth-order valence-electron chi connectivity index (χ4n) is 2.22. The maximum atomic E-state index is 5.02. The molecule has 0 unspecified atom stereocenters. The van der Waals surface area contributed by atoms with Gasteiger partial charge in [0.05, 0.1) is 6.61 Å². The van der Waals surface area contributed by atoms with Crippen molar-refractivity contribution in [3.05, 3.63) is 65.7 Å². The van der Waals surface area contributed by atoms with E-state index in [1.54, 1.807) is 7.11 Å². The number of nitrogens with zero attached hydrogens (tertiary/aromatic N) is 1. The first-order valence-electron chi connectivity index (χ1n) is 7.33.